The van der Waals surface area contributed by atoms with E-state index in [2.05, 4.69) is 41.7 Å². The van der Waals surface area contributed by atoms with Crippen molar-refractivity contribution in [1.82, 2.24) is 30.3 Å². The van der Waals surface area contributed by atoms with Crippen molar-refractivity contribution in [2.24, 2.45) is 0 Å². The number of aromatic amines is 1. The van der Waals surface area contributed by atoms with Gasteiger partial charge in [-0.05, 0) is 31.9 Å². The normalized spacial score (nSPS) is 15.7. The van der Waals surface area contributed by atoms with Crippen LogP contribution in [0.4, 0.5) is 17.6 Å². The summed E-state index contributed by atoms with van der Waals surface area (Å²) in [7, 11) is 0. The number of nitrogens with one attached hydrogen (secondary N) is 2. The Morgan fingerprint density at radius 1 is 1.28 bits per heavy atom. The van der Waals surface area contributed by atoms with Crippen LogP contribution in [0.15, 0.2) is 41.1 Å². The Morgan fingerprint density at radius 2 is 2.19 bits per heavy atom. The number of H-pyrrole nitrogens is 1. The molecule has 1 fully saturated rings. The van der Waals surface area contributed by atoms with Gasteiger partial charge in [0.2, 0.25) is 5.95 Å². The van der Waals surface area contributed by atoms with E-state index < -0.39 is 0 Å². The van der Waals surface area contributed by atoms with Crippen LogP contribution in [-0.2, 0) is 0 Å². The summed E-state index contributed by atoms with van der Waals surface area (Å²) in [5, 5.41) is 24.0. The van der Waals surface area contributed by atoms with E-state index in [1.165, 1.54) is 0 Å². The number of hydrogen-bond acceptors (Lipinski definition) is 9. The second-order valence-electron chi connectivity index (χ2n) is 7.41. The molecule has 5 heterocycles. The van der Waals surface area contributed by atoms with E-state index in [1.54, 1.807) is 24.4 Å². The maximum Gasteiger partial charge on any atom is 0.229 e. The van der Waals surface area contributed by atoms with Crippen LogP contribution in [-0.4, -0.2) is 36.9 Å². The van der Waals surface area contributed by atoms with E-state index in [1.807, 2.05) is 24.0 Å². The molecule has 160 valence electrons. The fourth-order valence-electron chi connectivity index (χ4n) is 3.79. The summed E-state index contributed by atoms with van der Waals surface area (Å²) < 4.78 is 5.67. The number of aromatic nitrogens is 6. The van der Waals surface area contributed by atoms with Crippen LogP contribution in [0.3, 0.4) is 0 Å². The van der Waals surface area contributed by atoms with Crippen molar-refractivity contribution in [2.75, 3.05) is 16.8 Å². The quantitative estimate of drug-likeness (QED) is 0.432. The van der Waals surface area contributed by atoms with E-state index in [4.69, 9.17) is 16.1 Å². The molecule has 0 bridgehead atoms. The molecule has 1 aliphatic rings. The van der Waals surface area contributed by atoms with Gasteiger partial charge in [-0.25, -0.2) is 9.97 Å². The van der Waals surface area contributed by atoms with Gasteiger partial charge in [-0.15, -0.1) is 0 Å². The van der Waals surface area contributed by atoms with Crippen LogP contribution < -0.4 is 10.2 Å². The van der Waals surface area contributed by atoms with Crippen LogP contribution in [0.2, 0.25) is 5.15 Å². The standard InChI is InChI=1S/C21H18ClN9O/c1-12-8-20(29-28-12)26-19-10-18(22)25-21(27-19)31-7-3-5-16(31)17-9-14(30-32-17)13-4-2-6-24-15(13)11-23/h2,4,6,8-10,16H,3,5,7H2,1H3,(H2,25,26,27,28,29)/t16-/m0/s1. The van der Waals surface area contributed by atoms with Crippen molar-refractivity contribution in [3.8, 4) is 17.3 Å². The van der Waals surface area contributed by atoms with E-state index in [-0.39, 0.29) is 6.04 Å². The van der Waals surface area contributed by atoms with Gasteiger partial charge in [0.05, 0.1) is 6.04 Å². The van der Waals surface area contributed by atoms with Crippen molar-refractivity contribution in [1.29, 1.82) is 5.26 Å². The van der Waals surface area contributed by atoms with Gasteiger partial charge in [0.1, 0.15) is 28.4 Å². The molecule has 1 aliphatic heterocycles. The van der Waals surface area contributed by atoms with Gasteiger partial charge in [-0.3, -0.25) is 5.10 Å². The second kappa shape index (κ2) is 8.28. The van der Waals surface area contributed by atoms with Crippen LogP contribution in [0.25, 0.3) is 11.3 Å². The third-order valence-electron chi connectivity index (χ3n) is 5.20. The minimum absolute atomic E-state index is 0.0996. The van der Waals surface area contributed by atoms with E-state index >= 15 is 0 Å². The van der Waals surface area contributed by atoms with E-state index in [0.717, 1.165) is 25.1 Å². The highest BCUT2D eigenvalue weighted by Gasteiger charge is 2.32. The lowest BCUT2D eigenvalue weighted by molar-refractivity contribution is 0.362. The molecule has 0 aromatic carbocycles. The first-order chi connectivity index (χ1) is 15.6. The molecular weight excluding hydrogens is 430 g/mol. The molecule has 0 unspecified atom stereocenters. The number of aryl methyl sites for hydroxylation is 1. The number of anilines is 3. The number of rotatable bonds is 5. The average Bonchev–Trinajstić information content (AvgIpc) is 3.54. The third kappa shape index (κ3) is 3.86. The molecule has 4 aromatic rings. The lowest BCUT2D eigenvalue weighted by Gasteiger charge is -2.23. The lowest BCUT2D eigenvalue weighted by Crippen LogP contribution is -2.24. The third-order valence-corrected chi connectivity index (χ3v) is 5.39. The number of nitriles is 1. The van der Waals surface area contributed by atoms with Crippen LogP contribution in [0.1, 0.15) is 36.0 Å². The van der Waals surface area contributed by atoms with Gasteiger partial charge in [-0.2, -0.15) is 15.3 Å². The summed E-state index contributed by atoms with van der Waals surface area (Å²) in [4.78, 5) is 15.2. The number of nitrogens with zero attached hydrogens (tertiary/aromatic N) is 7. The molecule has 1 atom stereocenters. The Morgan fingerprint density at radius 3 is 3.00 bits per heavy atom. The summed E-state index contributed by atoms with van der Waals surface area (Å²) in [6.07, 6.45) is 3.37. The minimum Gasteiger partial charge on any atom is -0.359 e. The smallest absolute Gasteiger partial charge is 0.229 e. The first-order valence-electron chi connectivity index (χ1n) is 10.0. The van der Waals surface area contributed by atoms with Gasteiger partial charge in [0.25, 0.3) is 0 Å². The number of pyridine rings is 1. The molecule has 1 saturated heterocycles. The average molecular weight is 448 g/mol. The van der Waals surface area contributed by atoms with Crippen LogP contribution >= 0.6 is 11.6 Å². The lowest BCUT2D eigenvalue weighted by atomic mass is 10.1. The van der Waals surface area contributed by atoms with Crippen LogP contribution in [0, 0.1) is 18.3 Å². The highest BCUT2D eigenvalue weighted by Crippen LogP contribution is 2.37. The Hall–Kier alpha value is -3.97. The monoisotopic (exact) mass is 447 g/mol. The van der Waals surface area contributed by atoms with Crippen molar-refractivity contribution in [3.63, 3.8) is 0 Å². The molecule has 0 spiro atoms. The second-order valence-corrected chi connectivity index (χ2v) is 7.80. The molecule has 0 radical (unpaired) electrons. The maximum absolute atomic E-state index is 9.33. The molecule has 4 aromatic heterocycles. The highest BCUT2D eigenvalue weighted by atomic mass is 35.5. The van der Waals surface area contributed by atoms with Crippen molar-refractivity contribution in [2.45, 2.75) is 25.8 Å². The number of halogens is 1. The number of hydrogen-bond donors (Lipinski definition) is 2. The van der Waals surface area contributed by atoms with E-state index in [0.29, 0.717) is 45.4 Å². The summed E-state index contributed by atoms with van der Waals surface area (Å²) in [6.45, 7) is 2.67. The zero-order valence-electron chi connectivity index (χ0n) is 17.1. The first-order valence-corrected chi connectivity index (χ1v) is 10.4. The summed E-state index contributed by atoms with van der Waals surface area (Å²) in [5.74, 6) is 2.35. The molecule has 11 heteroatoms. The summed E-state index contributed by atoms with van der Waals surface area (Å²) in [5.41, 5.74) is 2.44. The van der Waals surface area contributed by atoms with Gasteiger partial charge in [0.15, 0.2) is 11.6 Å². The van der Waals surface area contributed by atoms with Crippen molar-refractivity contribution in [3.05, 3.63) is 58.8 Å². The zero-order chi connectivity index (χ0) is 22.1. The van der Waals surface area contributed by atoms with Gasteiger partial charge in [-0.1, -0.05) is 16.8 Å². The predicted octanol–water partition coefficient (Wildman–Crippen LogP) is 4.17. The first kappa shape index (κ1) is 20.0. The Kier molecular flexibility index (Phi) is 5.17. The molecular formula is C21H18ClN9O. The van der Waals surface area contributed by atoms with Crippen molar-refractivity contribution >= 4 is 29.2 Å². The molecule has 5 rings (SSSR count). The Balaban J connectivity index is 1.43. The molecule has 2 N–H and O–H groups in total. The molecule has 10 nitrogen and oxygen atoms in total. The van der Waals surface area contributed by atoms with Crippen molar-refractivity contribution < 1.29 is 4.52 Å². The van der Waals surface area contributed by atoms with E-state index in [9.17, 15) is 5.26 Å². The SMILES string of the molecule is Cc1cc(Nc2cc(Cl)nc(N3CCC[C@H]3c3cc(-c4cccnc4C#N)no3)n2)n[nH]1. The predicted molar refractivity (Wildman–Crippen MR) is 117 cm³/mol. The minimum atomic E-state index is -0.0996. The molecule has 0 saturated carbocycles. The Labute approximate surface area is 188 Å². The zero-order valence-corrected chi connectivity index (χ0v) is 17.8. The molecule has 0 amide bonds. The van der Waals surface area contributed by atoms with Gasteiger partial charge < -0.3 is 14.7 Å². The van der Waals surface area contributed by atoms with Gasteiger partial charge in [0, 0.05) is 42.2 Å². The fourth-order valence-corrected chi connectivity index (χ4v) is 3.97. The maximum atomic E-state index is 9.33. The highest BCUT2D eigenvalue weighted by molar-refractivity contribution is 6.29. The largest absolute Gasteiger partial charge is 0.359 e. The van der Waals surface area contributed by atoms with Gasteiger partial charge >= 0.3 is 0 Å². The fraction of sp³-hybridized carbons (Fsp3) is 0.238. The topological polar surface area (TPSA) is 132 Å². The van der Waals surface area contributed by atoms with Crippen LogP contribution in [0.5, 0.6) is 0 Å². The molecule has 0 aliphatic carbocycles. The summed E-state index contributed by atoms with van der Waals surface area (Å²) >= 11 is 6.29. The molecule has 32 heavy (non-hydrogen) atoms. The summed E-state index contributed by atoms with van der Waals surface area (Å²) in [6, 6.07) is 10.9. The Bertz CT molecular complexity index is 1310.